The molecule has 0 unspecified atom stereocenters. The number of aryl methyl sites for hydroxylation is 1. The molecule has 0 saturated carbocycles. The average Bonchev–Trinajstić information content (AvgIpc) is 2.02. The van der Waals surface area contributed by atoms with E-state index in [4.69, 9.17) is 5.11 Å². The molecule has 0 amide bonds. The molecule has 0 atom stereocenters. The summed E-state index contributed by atoms with van der Waals surface area (Å²) in [4.78, 5) is 3.94. The molecule has 0 radical (unpaired) electrons. The lowest BCUT2D eigenvalue weighted by Gasteiger charge is -1.95. The van der Waals surface area contributed by atoms with Crippen LogP contribution in [0.3, 0.4) is 0 Å². The molecule has 0 aliphatic carbocycles. The van der Waals surface area contributed by atoms with Gasteiger partial charge in [0.2, 0.25) is 0 Å². The van der Waals surface area contributed by atoms with Gasteiger partial charge < -0.3 is 5.11 Å². The van der Waals surface area contributed by atoms with E-state index in [9.17, 15) is 0 Å². The monoisotopic (exact) mass is 217 g/mol. The maximum atomic E-state index is 8.96. The van der Waals surface area contributed by atoms with Crippen molar-refractivity contribution >= 4 is 15.9 Å². The van der Waals surface area contributed by atoms with Gasteiger partial charge >= 0.3 is 0 Å². The fourth-order valence-electron chi connectivity index (χ4n) is 0.523. The van der Waals surface area contributed by atoms with E-state index in [0.29, 0.717) is 5.69 Å². The lowest BCUT2D eigenvalue weighted by atomic mass is 10.3. The van der Waals surface area contributed by atoms with Crippen LogP contribution in [0.1, 0.15) is 19.5 Å². The van der Waals surface area contributed by atoms with Crippen molar-refractivity contribution in [2.75, 3.05) is 0 Å². The first-order chi connectivity index (χ1) is 5.20. The van der Waals surface area contributed by atoms with Gasteiger partial charge in [-0.05, 0) is 35.0 Å². The Bertz CT molecular complexity index is 225. The van der Waals surface area contributed by atoms with E-state index in [1.165, 1.54) is 0 Å². The summed E-state index contributed by atoms with van der Waals surface area (Å²) in [6.07, 6.45) is 0. The molecule has 1 aromatic rings. The third-order valence-electron chi connectivity index (χ3n) is 1.02. The summed E-state index contributed by atoms with van der Waals surface area (Å²) in [6.45, 7) is 5.75. The van der Waals surface area contributed by atoms with Crippen LogP contribution in [0.5, 0.6) is 5.75 Å². The Morgan fingerprint density at radius 2 is 1.91 bits per heavy atom. The van der Waals surface area contributed by atoms with Crippen LogP contribution < -0.4 is 0 Å². The minimum Gasteiger partial charge on any atom is -0.506 e. The Kier molecular flexibility index (Phi) is 4.86. The summed E-state index contributed by atoms with van der Waals surface area (Å²) in [7, 11) is 0. The lowest BCUT2D eigenvalue weighted by Crippen LogP contribution is -1.80. The fraction of sp³-hybridized carbons (Fsp3) is 0.375. The summed E-state index contributed by atoms with van der Waals surface area (Å²) in [6, 6.07) is 3.30. The summed E-state index contributed by atoms with van der Waals surface area (Å²) in [5, 5.41) is 8.96. The van der Waals surface area contributed by atoms with Gasteiger partial charge in [-0.2, -0.15) is 0 Å². The van der Waals surface area contributed by atoms with Crippen LogP contribution in [0, 0.1) is 6.92 Å². The zero-order valence-electron chi connectivity index (χ0n) is 6.93. The van der Waals surface area contributed by atoms with Gasteiger partial charge in [0.25, 0.3) is 0 Å². The molecule has 0 fully saturated rings. The molecule has 2 nitrogen and oxygen atoms in total. The fourth-order valence-corrected chi connectivity index (χ4v) is 0.921. The Hall–Kier alpha value is -0.570. The molecule has 1 heterocycles. The second kappa shape index (κ2) is 5.13. The maximum absolute atomic E-state index is 8.96. The van der Waals surface area contributed by atoms with Crippen molar-refractivity contribution in [3.8, 4) is 5.75 Å². The summed E-state index contributed by atoms with van der Waals surface area (Å²) < 4.78 is 0.748. The first-order valence-electron chi connectivity index (χ1n) is 3.52. The second-order valence-electron chi connectivity index (χ2n) is 1.74. The van der Waals surface area contributed by atoms with Crippen LogP contribution >= 0.6 is 15.9 Å². The standard InChI is InChI=1S/C6H6BrNO.C2H6/c1-4-5(9)2-3-6(7)8-4;1-2/h2-3,9H,1H3;1-2H3. The molecule has 0 aliphatic heterocycles. The molecule has 62 valence electrons. The quantitative estimate of drug-likeness (QED) is 0.679. The number of pyridine rings is 1. The largest absolute Gasteiger partial charge is 0.506 e. The van der Waals surface area contributed by atoms with Gasteiger partial charge in [-0.25, -0.2) is 4.98 Å². The second-order valence-corrected chi connectivity index (χ2v) is 2.55. The van der Waals surface area contributed by atoms with Crippen molar-refractivity contribution in [2.45, 2.75) is 20.8 Å². The minimum absolute atomic E-state index is 0.234. The summed E-state index contributed by atoms with van der Waals surface area (Å²) in [5.41, 5.74) is 0.643. The normalized spacial score (nSPS) is 8.36. The van der Waals surface area contributed by atoms with Crippen molar-refractivity contribution in [3.05, 3.63) is 22.4 Å². The molecule has 1 aromatic heterocycles. The van der Waals surface area contributed by atoms with E-state index < -0.39 is 0 Å². The van der Waals surface area contributed by atoms with Crippen molar-refractivity contribution in [1.82, 2.24) is 4.98 Å². The van der Waals surface area contributed by atoms with Crippen LogP contribution in [0.4, 0.5) is 0 Å². The van der Waals surface area contributed by atoms with Crippen LogP contribution in [-0.2, 0) is 0 Å². The smallest absolute Gasteiger partial charge is 0.136 e. The van der Waals surface area contributed by atoms with Crippen LogP contribution in [0.25, 0.3) is 0 Å². The number of rotatable bonds is 0. The summed E-state index contributed by atoms with van der Waals surface area (Å²) >= 11 is 3.17. The first kappa shape index (κ1) is 10.4. The molecule has 11 heavy (non-hydrogen) atoms. The Morgan fingerprint density at radius 3 is 2.27 bits per heavy atom. The molecule has 3 heteroatoms. The van der Waals surface area contributed by atoms with Crippen LogP contribution in [0.15, 0.2) is 16.7 Å². The van der Waals surface area contributed by atoms with Gasteiger partial charge in [-0.1, -0.05) is 13.8 Å². The molecule has 0 aromatic carbocycles. The number of aromatic nitrogens is 1. The summed E-state index contributed by atoms with van der Waals surface area (Å²) in [5.74, 6) is 0.234. The number of nitrogens with zero attached hydrogens (tertiary/aromatic N) is 1. The number of aromatic hydroxyl groups is 1. The topological polar surface area (TPSA) is 33.1 Å². The molecule has 0 spiro atoms. The zero-order chi connectivity index (χ0) is 8.85. The van der Waals surface area contributed by atoms with Crippen molar-refractivity contribution < 1.29 is 5.11 Å². The van der Waals surface area contributed by atoms with Gasteiger partial charge in [0, 0.05) is 0 Å². The van der Waals surface area contributed by atoms with E-state index in [2.05, 4.69) is 20.9 Å². The predicted octanol–water partition coefficient (Wildman–Crippen LogP) is 2.88. The van der Waals surface area contributed by atoms with E-state index in [0.717, 1.165) is 4.60 Å². The molecule has 0 aliphatic rings. The Labute approximate surface area is 75.4 Å². The van der Waals surface area contributed by atoms with Gasteiger partial charge in [0.1, 0.15) is 10.4 Å². The highest BCUT2D eigenvalue weighted by molar-refractivity contribution is 9.10. The first-order valence-corrected chi connectivity index (χ1v) is 4.31. The number of hydrogen-bond acceptors (Lipinski definition) is 2. The average molecular weight is 218 g/mol. The van der Waals surface area contributed by atoms with Gasteiger partial charge in [0.15, 0.2) is 0 Å². The molecule has 1 N–H and O–H groups in total. The van der Waals surface area contributed by atoms with Gasteiger partial charge in [-0.3, -0.25) is 0 Å². The molecular weight excluding hydrogens is 206 g/mol. The molecule has 1 rings (SSSR count). The molecule has 0 saturated heterocycles. The predicted molar refractivity (Wildman–Crippen MR) is 49.7 cm³/mol. The minimum atomic E-state index is 0.234. The zero-order valence-corrected chi connectivity index (χ0v) is 8.51. The molecular formula is C8H12BrNO. The van der Waals surface area contributed by atoms with Crippen molar-refractivity contribution in [2.24, 2.45) is 0 Å². The van der Waals surface area contributed by atoms with Crippen molar-refractivity contribution in [3.63, 3.8) is 0 Å². The molecule has 0 bridgehead atoms. The lowest BCUT2D eigenvalue weighted by molar-refractivity contribution is 0.467. The van der Waals surface area contributed by atoms with Crippen LogP contribution in [0.2, 0.25) is 0 Å². The third-order valence-corrected chi connectivity index (χ3v) is 1.47. The highest BCUT2D eigenvalue weighted by atomic mass is 79.9. The highest BCUT2D eigenvalue weighted by Gasteiger charge is 1.94. The Morgan fingerprint density at radius 1 is 1.36 bits per heavy atom. The highest BCUT2D eigenvalue weighted by Crippen LogP contribution is 2.15. The Balaban J connectivity index is 0.000000461. The van der Waals surface area contributed by atoms with E-state index in [1.54, 1.807) is 19.1 Å². The number of hydrogen-bond donors (Lipinski definition) is 1. The van der Waals surface area contributed by atoms with E-state index in [1.807, 2.05) is 13.8 Å². The van der Waals surface area contributed by atoms with Gasteiger partial charge in [0.05, 0.1) is 5.69 Å². The van der Waals surface area contributed by atoms with E-state index in [-0.39, 0.29) is 5.75 Å². The van der Waals surface area contributed by atoms with Crippen LogP contribution in [-0.4, -0.2) is 10.1 Å². The van der Waals surface area contributed by atoms with Gasteiger partial charge in [-0.15, -0.1) is 0 Å². The van der Waals surface area contributed by atoms with Crippen molar-refractivity contribution in [1.29, 1.82) is 0 Å². The third kappa shape index (κ3) is 3.37. The maximum Gasteiger partial charge on any atom is 0.136 e. The SMILES string of the molecule is CC.Cc1nc(Br)ccc1O. The van der Waals surface area contributed by atoms with E-state index >= 15 is 0 Å². The number of halogens is 1.